The summed E-state index contributed by atoms with van der Waals surface area (Å²) in [6.45, 7) is -0.214. The molecular formula is C65H47F2N5O9. The van der Waals surface area contributed by atoms with Gasteiger partial charge in [0.1, 0.15) is 57.3 Å². The number of hydrogen-bond donors (Lipinski definition) is 1. The van der Waals surface area contributed by atoms with E-state index in [4.69, 9.17) is 14.2 Å². The zero-order valence-corrected chi connectivity index (χ0v) is 43.4. The van der Waals surface area contributed by atoms with Crippen molar-refractivity contribution in [1.82, 2.24) is 24.7 Å². The molecule has 0 aliphatic carbocycles. The number of phenolic OH excluding ortho intramolecular Hbond substituents is 1. The van der Waals surface area contributed by atoms with E-state index >= 15 is 0 Å². The van der Waals surface area contributed by atoms with Crippen LogP contribution in [0.15, 0.2) is 207 Å². The van der Waals surface area contributed by atoms with E-state index < -0.39 is 53.6 Å². The standard InChI is InChI=1S/C34H26FN3O5.C31H21FN2O4/c1-37(2)34(41)43-30-25-14-9-19-36-28(25)31(42-29(22-10-5-3-6-11-22)23-12-7-4-8-13-23)27-26(30)32(39)38(33(27)40)20-21-15-17-24(35)18-16-21;32-22-15-13-19(14-16-22)18-34-30(36)24-25(31(34)37)29(26-23(27(24)35)12-7-17-33-26)38-28(20-8-3-1-4-9-20)21-10-5-2-6-11-21/h3-19,29H,20H2,1-2H3;1-17,28,35H,18H2. The SMILES string of the molecule is CN(C)C(=O)Oc1c2c(c(OC(c3ccccc3)c3ccccc3)c3ncccc13)C(=O)N(Cc1ccc(F)cc1)C2=O.O=C1c2c(c(OC(c3ccccc3)c3ccccc3)c3ncccc3c2O)C(=O)N1Cc1ccc(F)cc1. The number of amides is 5. The van der Waals surface area contributed by atoms with E-state index in [0.29, 0.717) is 21.9 Å². The van der Waals surface area contributed by atoms with Crippen molar-refractivity contribution in [2.45, 2.75) is 25.3 Å². The average molecular weight is 1080 g/mol. The maximum absolute atomic E-state index is 14.1. The van der Waals surface area contributed by atoms with E-state index in [1.54, 1.807) is 30.5 Å². The fraction of sp³-hybridized carbons (Fsp3) is 0.0923. The van der Waals surface area contributed by atoms with E-state index in [1.165, 1.54) is 73.7 Å². The van der Waals surface area contributed by atoms with Gasteiger partial charge < -0.3 is 24.2 Å². The lowest BCUT2D eigenvalue weighted by Gasteiger charge is -2.23. The molecule has 0 fully saturated rings. The van der Waals surface area contributed by atoms with Gasteiger partial charge in [-0.25, -0.2) is 13.6 Å². The van der Waals surface area contributed by atoms with Crippen LogP contribution >= 0.6 is 0 Å². The Labute approximate surface area is 462 Å². The van der Waals surface area contributed by atoms with Crippen molar-refractivity contribution >= 4 is 51.5 Å². The molecule has 2 aliphatic heterocycles. The molecule has 1 N–H and O–H groups in total. The summed E-state index contributed by atoms with van der Waals surface area (Å²) in [5.41, 5.74) is 4.60. The first kappa shape index (κ1) is 52.4. The topological polar surface area (TPSA) is 169 Å². The molecule has 12 rings (SSSR count). The average Bonchev–Trinajstić information content (AvgIpc) is 3.91. The first-order chi connectivity index (χ1) is 39.4. The van der Waals surface area contributed by atoms with Gasteiger partial charge in [0.2, 0.25) is 0 Å². The molecule has 0 saturated heterocycles. The van der Waals surface area contributed by atoms with Gasteiger partial charge in [-0.1, -0.05) is 146 Å². The Morgan fingerprint density at radius 2 is 0.815 bits per heavy atom. The summed E-state index contributed by atoms with van der Waals surface area (Å²) >= 11 is 0. The summed E-state index contributed by atoms with van der Waals surface area (Å²) in [6.07, 6.45) is 1.06. The molecular weight excluding hydrogens is 1030 g/mol. The van der Waals surface area contributed by atoms with Gasteiger partial charge in [0.05, 0.1) is 18.7 Å². The fourth-order valence-corrected chi connectivity index (χ4v) is 9.81. The van der Waals surface area contributed by atoms with Crippen molar-refractivity contribution in [2.75, 3.05) is 14.1 Å². The largest absolute Gasteiger partial charge is 0.506 e. The number of aromatic hydroxyl groups is 1. The molecule has 14 nitrogen and oxygen atoms in total. The quantitative estimate of drug-likeness (QED) is 0.109. The second-order valence-electron chi connectivity index (χ2n) is 19.2. The molecule has 0 spiro atoms. The van der Waals surface area contributed by atoms with Gasteiger partial charge in [0.15, 0.2) is 17.2 Å². The Morgan fingerprint density at radius 3 is 1.21 bits per heavy atom. The molecule has 0 saturated carbocycles. The van der Waals surface area contributed by atoms with Crippen LogP contribution in [0.1, 0.15) is 87.0 Å². The highest BCUT2D eigenvalue weighted by Crippen LogP contribution is 2.48. The lowest BCUT2D eigenvalue weighted by atomic mass is 9.99. The van der Waals surface area contributed by atoms with Gasteiger partial charge in [-0.3, -0.25) is 38.9 Å². The number of fused-ring (bicyclic) bond motifs is 4. The molecule has 10 aromatic rings. The summed E-state index contributed by atoms with van der Waals surface area (Å²) in [5, 5.41) is 11.8. The Balaban J connectivity index is 0.000000172. The third kappa shape index (κ3) is 10.2. The molecule has 0 atom stereocenters. The number of carbonyl (C=O) groups is 5. The van der Waals surface area contributed by atoms with Crippen LogP contribution < -0.4 is 14.2 Å². The van der Waals surface area contributed by atoms with Crippen LogP contribution in [0.5, 0.6) is 23.0 Å². The maximum atomic E-state index is 14.1. The van der Waals surface area contributed by atoms with Crippen LogP contribution in [0, 0.1) is 11.6 Å². The zero-order chi connectivity index (χ0) is 56.3. The summed E-state index contributed by atoms with van der Waals surface area (Å²) in [5.74, 6) is -3.65. The first-order valence-electron chi connectivity index (χ1n) is 25.6. The predicted molar refractivity (Wildman–Crippen MR) is 297 cm³/mol. The van der Waals surface area contributed by atoms with Gasteiger partial charge in [0, 0.05) is 37.3 Å². The molecule has 81 heavy (non-hydrogen) atoms. The third-order valence-electron chi connectivity index (χ3n) is 13.7. The normalized spacial score (nSPS) is 12.7. The Bertz CT molecular complexity index is 3960. The predicted octanol–water partition coefficient (Wildman–Crippen LogP) is 12.4. The Kier molecular flexibility index (Phi) is 14.5. The van der Waals surface area contributed by atoms with E-state index in [1.807, 2.05) is 121 Å². The number of pyridine rings is 2. The molecule has 2 aliphatic rings. The minimum absolute atomic E-state index is 0.0438. The minimum Gasteiger partial charge on any atom is -0.506 e. The monoisotopic (exact) mass is 1080 g/mol. The van der Waals surface area contributed by atoms with Crippen molar-refractivity contribution < 1.29 is 52.1 Å². The number of phenols is 1. The lowest BCUT2D eigenvalue weighted by molar-refractivity contribution is 0.0624. The molecule has 0 bridgehead atoms. The summed E-state index contributed by atoms with van der Waals surface area (Å²) in [7, 11) is 3.03. The Morgan fingerprint density at radius 1 is 0.469 bits per heavy atom. The van der Waals surface area contributed by atoms with Crippen LogP contribution in [-0.4, -0.2) is 73.6 Å². The summed E-state index contributed by atoms with van der Waals surface area (Å²) < 4.78 is 46.1. The van der Waals surface area contributed by atoms with Gasteiger partial charge >= 0.3 is 6.09 Å². The highest BCUT2D eigenvalue weighted by atomic mass is 19.1. The van der Waals surface area contributed by atoms with E-state index in [0.717, 1.165) is 32.1 Å². The van der Waals surface area contributed by atoms with E-state index in [9.17, 15) is 37.9 Å². The zero-order valence-electron chi connectivity index (χ0n) is 43.4. The van der Waals surface area contributed by atoms with E-state index in [2.05, 4.69) is 9.97 Å². The molecule has 8 aromatic carbocycles. The van der Waals surface area contributed by atoms with Crippen molar-refractivity contribution in [3.05, 3.63) is 274 Å². The second-order valence-corrected chi connectivity index (χ2v) is 19.2. The summed E-state index contributed by atoms with van der Waals surface area (Å²) in [6, 6.07) is 55.7. The number of imide groups is 2. The number of nitrogens with zero attached hydrogens (tertiary/aromatic N) is 5. The van der Waals surface area contributed by atoms with Gasteiger partial charge in [0.25, 0.3) is 23.6 Å². The number of halogens is 2. The highest BCUT2D eigenvalue weighted by molar-refractivity contribution is 6.28. The third-order valence-corrected chi connectivity index (χ3v) is 13.7. The fourth-order valence-electron chi connectivity index (χ4n) is 9.81. The number of ether oxygens (including phenoxy) is 3. The van der Waals surface area contributed by atoms with Gasteiger partial charge in [-0.2, -0.15) is 0 Å². The molecule has 400 valence electrons. The first-order valence-corrected chi connectivity index (χ1v) is 25.6. The highest BCUT2D eigenvalue weighted by Gasteiger charge is 2.45. The second kappa shape index (κ2) is 22.4. The number of benzene rings is 8. The summed E-state index contributed by atoms with van der Waals surface area (Å²) in [4.78, 5) is 80.5. The molecule has 4 heterocycles. The number of rotatable bonds is 13. The Hall–Kier alpha value is -10.6. The van der Waals surface area contributed by atoms with Gasteiger partial charge in [-0.15, -0.1) is 0 Å². The minimum atomic E-state index is -0.732. The van der Waals surface area contributed by atoms with E-state index in [-0.39, 0.29) is 69.4 Å². The van der Waals surface area contributed by atoms with Crippen LogP contribution in [0.25, 0.3) is 21.8 Å². The number of hydrogen-bond acceptors (Lipinski definition) is 11. The van der Waals surface area contributed by atoms with Gasteiger partial charge in [-0.05, 0) is 81.9 Å². The molecule has 0 unspecified atom stereocenters. The number of aromatic nitrogens is 2. The van der Waals surface area contributed by atoms with Crippen LogP contribution in [-0.2, 0) is 13.1 Å². The number of carbonyl (C=O) groups excluding carboxylic acids is 5. The molecule has 5 amide bonds. The van der Waals surface area contributed by atoms with Crippen molar-refractivity contribution in [2.24, 2.45) is 0 Å². The van der Waals surface area contributed by atoms with Crippen molar-refractivity contribution in [3.8, 4) is 23.0 Å². The molecule has 2 aromatic heterocycles. The maximum Gasteiger partial charge on any atom is 0.414 e. The van der Waals surface area contributed by atoms with Crippen molar-refractivity contribution in [1.29, 1.82) is 0 Å². The lowest BCUT2D eigenvalue weighted by Crippen LogP contribution is -2.29. The smallest absolute Gasteiger partial charge is 0.414 e. The van der Waals surface area contributed by atoms with Crippen LogP contribution in [0.3, 0.4) is 0 Å². The molecule has 16 heteroatoms. The van der Waals surface area contributed by atoms with Crippen molar-refractivity contribution in [3.63, 3.8) is 0 Å². The molecule has 0 radical (unpaired) electrons. The van der Waals surface area contributed by atoms with Crippen LogP contribution in [0.2, 0.25) is 0 Å². The van der Waals surface area contributed by atoms with Crippen LogP contribution in [0.4, 0.5) is 13.6 Å².